The molecular formula is C7H12N6O. The number of nitrogens with zero attached hydrogens (tertiary/aromatic N) is 3. The summed E-state index contributed by atoms with van der Waals surface area (Å²) < 4.78 is 0. The number of carbonyl (C=O) groups is 1. The second-order valence-corrected chi connectivity index (χ2v) is 2.70. The number of anilines is 2. The average molecular weight is 196 g/mol. The van der Waals surface area contributed by atoms with E-state index in [2.05, 4.69) is 20.3 Å². The molecule has 1 aromatic heterocycles. The van der Waals surface area contributed by atoms with Gasteiger partial charge in [-0.1, -0.05) is 0 Å². The molecule has 7 nitrogen and oxygen atoms in total. The van der Waals surface area contributed by atoms with Gasteiger partial charge in [-0.05, 0) is 0 Å². The molecule has 1 heterocycles. The van der Waals surface area contributed by atoms with Gasteiger partial charge in [0.15, 0.2) is 0 Å². The maximum absolute atomic E-state index is 10.6. The second kappa shape index (κ2) is 4.35. The van der Waals surface area contributed by atoms with Crippen LogP contribution in [0.15, 0.2) is 0 Å². The number of nitrogens with one attached hydrogen (secondary N) is 1. The Morgan fingerprint density at radius 3 is 2.36 bits per heavy atom. The van der Waals surface area contributed by atoms with Crippen molar-refractivity contribution in [3.8, 4) is 0 Å². The number of carbonyl (C=O) groups excluding carboxylic acids is 1. The third-order valence-corrected chi connectivity index (χ3v) is 1.44. The molecule has 1 aromatic rings. The number of hydrogen-bond donors (Lipinski definition) is 3. The maximum atomic E-state index is 10.6. The lowest BCUT2D eigenvalue weighted by atomic mass is 10.4. The monoisotopic (exact) mass is 196 g/mol. The highest BCUT2D eigenvalue weighted by Gasteiger charge is 2.01. The van der Waals surface area contributed by atoms with Crippen LogP contribution in [0.1, 0.15) is 12.7 Å². The molecule has 76 valence electrons. The summed E-state index contributed by atoms with van der Waals surface area (Å²) >= 11 is 0. The number of amides is 1. The van der Waals surface area contributed by atoms with Crippen LogP contribution >= 0.6 is 0 Å². The smallest absolute Gasteiger partial charge is 0.225 e. The summed E-state index contributed by atoms with van der Waals surface area (Å²) in [7, 11) is 0. The van der Waals surface area contributed by atoms with E-state index in [1.807, 2.05) is 0 Å². The van der Waals surface area contributed by atoms with Crippen LogP contribution in [0.25, 0.3) is 0 Å². The Hall–Kier alpha value is -1.92. The van der Waals surface area contributed by atoms with Gasteiger partial charge in [-0.2, -0.15) is 15.0 Å². The van der Waals surface area contributed by atoms with Crippen molar-refractivity contribution in [1.29, 1.82) is 0 Å². The van der Waals surface area contributed by atoms with E-state index in [1.165, 1.54) is 6.92 Å². The van der Waals surface area contributed by atoms with Gasteiger partial charge in [0.1, 0.15) is 5.82 Å². The molecule has 1 amide bonds. The summed E-state index contributed by atoms with van der Waals surface area (Å²) in [6, 6.07) is 0. The molecule has 0 spiro atoms. The Kier molecular flexibility index (Phi) is 3.16. The predicted molar refractivity (Wildman–Crippen MR) is 51.0 cm³/mol. The number of nitrogens with two attached hydrogens (primary N) is 2. The fraction of sp³-hybridized carbons (Fsp3) is 0.429. The maximum Gasteiger partial charge on any atom is 0.225 e. The quantitative estimate of drug-likeness (QED) is 0.553. The highest BCUT2D eigenvalue weighted by atomic mass is 16.1. The number of rotatable bonds is 3. The minimum Gasteiger partial charge on any atom is -0.368 e. The van der Waals surface area contributed by atoms with Crippen LogP contribution in [-0.4, -0.2) is 27.4 Å². The third-order valence-electron chi connectivity index (χ3n) is 1.44. The van der Waals surface area contributed by atoms with Gasteiger partial charge >= 0.3 is 0 Å². The van der Waals surface area contributed by atoms with E-state index in [0.29, 0.717) is 18.8 Å². The highest BCUT2D eigenvalue weighted by molar-refractivity contribution is 5.72. The molecule has 14 heavy (non-hydrogen) atoms. The van der Waals surface area contributed by atoms with Gasteiger partial charge in [0, 0.05) is 19.9 Å². The van der Waals surface area contributed by atoms with Crippen molar-refractivity contribution in [1.82, 2.24) is 20.3 Å². The zero-order chi connectivity index (χ0) is 10.6. The summed E-state index contributed by atoms with van der Waals surface area (Å²) in [5.74, 6) is 0.564. The van der Waals surface area contributed by atoms with Crippen LogP contribution < -0.4 is 16.8 Å². The minimum atomic E-state index is -0.0972. The van der Waals surface area contributed by atoms with Crippen molar-refractivity contribution in [3.05, 3.63) is 5.82 Å². The first-order valence-electron chi connectivity index (χ1n) is 4.08. The van der Waals surface area contributed by atoms with Crippen LogP contribution in [-0.2, 0) is 11.2 Å². The van der Waals surface area contributed by atoms with Crippen LogP contribution in [0, 0.1) is 0 Å². The van der Waals surface area contributed by atoms with Gasteiger partial charge in [0.2, 0.25) is 17.8 Å². The Morgan fingerprint density at radius 1 is 1.29 bits per heavy atom. The molecule has 0 radical (unpaired) electrons. The molecule has 1 rings (SSSR count). The van der Waals surface area contributed by atoms with Gasteiger partial charge in [0.25, 0.3) is 0 Å². The lowest BCUT2D eigenvalue weighted by molar-refractivity contribution is -0.118. The number of hydrogen-bond acceptors (Lipinski definition) is 6. The van der Waals surface area contributed by atoms with E-state index < -0.39 is 0 Å². The van der Waals surface area contributed by atoms with Gasteiger partial charge in [0.05, 0.1) is 0 Å². The normalized spacial score (nSPS) is 9.79. The van der Waals surface area contributed by atoms with Crippen molar-refractivity contribution in [2.45, 2.75) is 13.3 Å². The van der Waals surface area contributed by atoms with Gasteiger partial charge < -0.3 is 16.8 Å². The summed E-state index contributed by atoms with van der Waals surface area (Å²) in [5, 5.41) is 2.61. The van der Waals surface area contributed by atoms with Crippen molar-refractivity contribution in [2.24, 2.45) is 0 Å². The minimum absolute atomic E-state index is 0.0929. The molecule has 5 N–H and O–H groups in total. The van der Waals surface area contributed by atoms with Crippen LogP contribution in [0.4, 0.5) is 11.9 Å². The summed E-state index contributed by atoms with van der Waals surface area (Å²) in [6.45, 7) is 1.90. The van der Waals surface area contributed by atoms with Crippen molar-refractivity contribution in [3.63, 3.8) is 0 Å². The van der Waals surface area contributed by atoms with Gasteiger partial charge in [-0.15, -0.1) is 0 Å². The first-order valence-corrected chi connectivity index (χ1v) is 4.08. The molecule has 0 atom stereocenters. The Balaban J connectivity index is 2.54. The second-order valence-electron chi connectivity index (χ2n) is 2.70. The molecule has 0 fully saturated rings. The Morgan fingerprint density at radius 2 is 1.86 bits per heavy atom. The van der Waals surface area contributed by atoms with Crippen LogP contribution in [0.3, 0.4) is 0 Å². The van der Waals surface area contributed by atoms with E-state index in [-0.39, 0.29) is 17.8 Å². The molecule has 0 bridgehead atoms. The summed E-state index contributed by atoms with van der Waals surface area (Å²) in [6.07, 6.45) is 0.483. The topological polar surface area (TPSA) is 120 Å². The van der Waals surface area contributed by atoms with Crippen molar-refractivity contribution in [2.75, 3.05) is 18.0 Å². The molecule has 0 aromatic carbocycles. The van der Waals surface area contributed by atoms with Crippen molar-refractivity contribution >= 4 is 17.8 Å². The number of aromatic nitrogens is 3. The van der Waals surface area contributed by atoms with Crippen molar-refractivity contribution < 1.29 is 4.79 Å². The van der Waals surface area contributed by atoms with E-state index in [0.717, 1.165) is 0 Å². The molecule has 0 unspecified atom stereocenters. The Bertz CT molecular complexity index is 319. The molecule has 0 aliphatic carbocycles. The zero-order valence-electron chi connectivity index (χ0n) is 7.82. The predicted octanol–water partition coefficient (Wildman–Crippen LogP) is -1.29. The van der Waals surface area contributed by atoms with Gasteiger partial charge in [-0.3, -0.25) is 4.79 Å². The van der Waals surface area contributed by atoms with E-state index in [1.54, 1.807) is 0 Å². The highest BCUT2D eigenvalue weighted by Crippen LogP contribution is 1.98. The summed E-state index contributed by atoms with van der Waals surface area (Å²) in [4.78, 5) is 21.9. The summed E-state index contributed by atoms with van der Waals surface area (Å²) in [5.41, 5.74) is 10.7. The molecule has 0 saturated heterocycles. The fourth-order valence-corrected chi connectivity index (χ4v) is 0.919. The van der Waals surface area contributed by atoms with Crippen LogP contribution in [0.5, 0.6) is 0 Å². The SMILES string of the molecule is CC(=O)NCCc1nc(N)nc(N)n1. The lowest BCUT2D eigenvalue weighted by Crippen LogP contribution is -2.23. The molecule has 0 aliphatic rings. The largest absolute Gasteiger partial charge is 0.368 e. The van der Waals surface area contributed by atoms with E-state index >= 15 is 0 Å². The lowest BCUT2D eigenvalue weighted by Gasteiger charge is -2.02. The number of nitrogen functional groups attached to an aromatic ring is 2. The standard InChI is InChI=1S/C7H12N6O/c1-4(14)10-3-2-5-11-6(8)13-7(9)12-5/h2-3H2,1H3,(H,10,14)(H4,8,9,11,12,13). The molecule has 7 heteroatoms. The van der Waals surface area contributed by atoms with E-state index in [9.17, 15) is 4.79 Å². The molecule has 0 saturated carbocycles. The van der Waals surface area contributed by atoms with Gasteiger partial charge in [-0.25, -0.2) is 0 Å². The zero-order valence-corrected chi connectivity index (χ0v) is 7.82. The third kappa shape index (κ3) is 3.21. The Labute approximate surface area is 80.9 Å². The molecular weight excluding hydrogens is 184 g/mol. The molecule has 0 aliphatic heterocycles. The first-order chi connectivity index (χ1) is 6.58. The fourth-order valence-electron chi connectivity index (χ4n) is 0.919. The van der Waals surface area contributed by atoms with Crippen LogP contribution in [0.2, 0.25) is 0 Å². The van der Waals surface area contributed by atoms with E-state index in [4.69, 9.17) is 11.5 Å². The average Bonchev–Trinajstić information content (AvgIpc) is 2.01. The first kappa shape index (κ1) is 10.2.